The molecule has 0 bridgehead atoms. The molecule has 0 amide bonds. The van der Waals surface area contributed by atoms with Gasteiger partial charge in [-0.1, -0.05) is 0 Å². The smallest absolute Gasteiger partial charge is 0.169 e. The Labute approximate surface area is 120 Å². The molecule has 2 spiro atoms. The average molecular weight is 280 g/mol. The predicted molar refractivity (Wildman–Crippen MR) is 76.1 cm³/mol. The number of ether oxygens (including phenoxy) is 2. The number of thioether (sulfide) groups is 1. The van der Waals surface area contributed by atoms with Gasteiger partial charge < -0.3 is 9.47 Å². The molecule has 1 unspecified atom stereocenters. The Hall–Kier alpha value is 0.270. The van der Waals surface area contributed by atoms with Crippen molar-refractivity contribution in [2.45, 2.75) is 44.3 Å². The first-order valence-corrected chi connectivity index (χ1v) is 9.30. The minimum absolute atomic E-state index is 0.144. The van der Waals surface area contributed by atoms with E-state index in [0.717, 1.165) is 36.9 Å². The molecule has 2 nitrogen and oxygen atoms in total. The lowest BCUT2D eigenvalue weighted by atomic mass is 9.73. The van der Waals surface area contributed by atoms with Crippen molar-refractivity contribution in [1.29, 1.82) is 0 Å². The van der Waals surface area contributed by atoms with Crippen LogP contribution in [-0.2, 0) is 9.47 Å². The van der Waals surface area contributed by atoms with Gasteiger partial charge in [0.05, 0.1) is 13.2 Å². The van der Waals surface area contributed by atoms with Gasteiger partial charge in [0.25, 0.3) is 0 Å². The summed E-state index contributed by atoms with van der Waals surface area (Å²) in [6.07, 6.45) is 8.43. The van der Waals surface area contributed by atoms with Crippen molar-refractivity contribution in [1.82, 2.24) is 0 Å². The van der Waals surface area contributed by atoms with Gasteiger partial charge in [0.15, 0.2) is 5.79 Å². The summed E-state index contributed by atoms with van der Waals surface area (Å²) in [4.78, 5) is 0. The molecule has 0 aromatic rings. The highest BCUT2D eigenvalue weighted by atomic mass is 32.2. The van der Waals surface area contributed by atoms with Crippen LogP contribution in [0.25, 0.3) is 0 Å². The lowest BCUT2D eigenvalue weighted by Gasteiger charge is -2.33. The second kappa shape index (κ2) is 3.92. The van der Waals surface area contributed by atoms with Gasteiger partial charge in [0, 0.05) is 12.8 Å². The van der Waals surface area contributed by atoms with Crippen molar-refractivity contribution in [3.63, 3.8) is 0 Å². The van der Waals surface area contributed by atoms with Crippen molar-refractivity contribution in [3.05, 3.63) is 0 Å². The molecule has 5 rings (SSSR count). The SMILES string of the molecule is C1COC2(C[C@@H]3CCC4(C[C@H]5CSC[C@H]5C4)[C@@H]3C2)O1. The maximum atomic E-state index is 6.01. The standard InChI is InChI=1S/C16H24O2S/c1-2-15(5-12-9-19-10-13(12)6-15)14-8-16(7-11(1)14)17-3-4-18-16/h11-14H,1-10H2/t11-,12-,13+,14+,15?/m0/s1. The molecule has 2 saturated heterocycles. The highest BCUT2D eigenvalue weighted by Crippen LogP contribution is 2.67. The summed E-state index contributed by atoms with van der Waals surface area (Å²) >= 11 is 2.20. The number of hydrogen-bond acceptors (Lipinski definition) is 3. The van der Waals surface area contributed by atoms with E-state index in [1.54, 1.807) is 0 Å². The first-order chi connectivity index (χ1) is 9.29. The summed E-state index contributed by atoms with van der Waals surface area (Å²) in [6, 6.07) is 0. The zero-order chi connectivity index (χ0) is 12.5. The van der Waals surface area contributed by atoms with Crippen LogP contribution in [0, 0.1) is 29.1 Å². The fourth-order valence-corrected chi connectivity index (χ4v) is 7.79. The zero-order valence-electron chi connectivity index (χ0n) is 11.6. The molecular formula is C16H24O2S. The molecule has 2 heterocycles. The predicted octanol–water partition coefficient (Wildman–Crippen LogP) is 3.31. The summed E-state index contributed by atoms with van der Waals surface area (Å²) < 4.78 is 12.0. The van der Waals surface area contributed by atoms with Gasteiger partial charge >= 0.3 is 0 Å². The van der Waals surface area contributed by atoms with Crippen LogP contribution < -0.4 is 0 Å². The molecule has 5 fully saturated rings. The molecule has 3 heteroatoms. The summed E-state index contributed by atoms with van der Waals surface area (Å²) in [6.45, 7) is 1.66. The topological polar surface area (TPSA) is 18.5 Å². The Morgan fingerprint density at radius 2 is 1.58 bits per heavy atom. The van der Waals surface area contributed by atoms with Gasteiger partial charge in [-0.25, -0.2) is 0 Å². The first kappa shape index (κ1) is 11.9. The Bertz CT molecular complexity index is 378. The monoisotopic (exact) mass is 280 g/mol. The molecule has 0 aromatic heterocycles. The quantitative estimate of drug-likeness (QED) is 0.678. The molecule has 3 saturated carbocycles. The van der Waals surface area contributed by atoms with Crippen LogP contribution in [0.1, 0.15) is 38.5 Å². The largest absolute Gasteiger partial charge is 0.348 e. The van der Waals surface area contributed by atoms with E-state index >= 15 is 0 Å². The number of rotatable bonds is 0. The van der Waals surface area contributed by atoms with E-state index in [4.69, 9.17) is 9.47 Å². The second-order valence-electron chi connectivity index (χ2n) is 7.75. The van der Waals surface area contributed by atoms with Crippen molar-refractivity contribution >= 4 is 11.8 Å². The van der Waals surface area contributed by atoms with Crippen molar-refractivity contribution in [3.8, 4) is 0 Å². The summed E-state index contributed by atoms with van der Waals surface area (Å²) in [5.41, 5.74) is 0.694. The van der Waals surface area contributed by atoms with E-state index in [0.29, 0.717) is 5.41 Å². The normalized spacial score (nSPS) is 54.3. The van der Waals surface area contributed by atoms with Crippen LogP contribution in [0.2, 0.25) is 0 Å². The van der Waals surface area contributed by atoms with Crippen molar-refractivity contribution in [2.24, 2.45) is 29.1 Å². The fourth-order valence-electron chi connectivity index (χ4n) is 6.27. The van der Waals surface area contributed by atoms with Gasteiger partial charge in [-0.2, -0.15) is 11.8 Å². The minimum atomic E-state index is -0.144. The average Bonchev–Trinajstić information content (AvgIpc) is 3.13. The molecule has 0 N–H and O–H groups in total. The molecule has 0 radical (unpaired) electrons. The highest BCUT2D eigenvalue weighted by Gasteiger charge is 2.62. The van der Waals surface area contributed by atoms with Crippen molar-refractivity contribution < 1.29 is 9.47 Å². The third-order valence-corrected chi connectivity index (χ3v) is 8.28. The molecular weight excluding hydrogens is 256 g/mol. The Morgan fingerprint density at radius 3 is 2.32 bits per heavy atom. The summed E-state index contributed by atoms with van der Waals surface area (Å²) in [5.74, 6) is 6.67. The Balaban J connectivity index is 1.41. The van der Waals surface area contributed by atoms with E-state index in [1.807, 2.05) is 0 Å². The highest BCUT2D eigenvalue weighted by molar-refractivity contribution is 7.99. The van der Waals surface area contributed by atoms with Crippen LogP contribution in [0.15, 0.2) is 0 Å². The molecule has 106 valence electrons. The summed E-state index contributed by atoms with van der Waals surface area (Å²) in [7, 11) is 0. The lowest BCUT2D eigenvalue weighted by molar-refractivity contribution is -0.158. The second-order valence-corrected chi connectivity index (χ2v) is 8.82. The van der Waals surface area contributed by atoms with E-state index in [1.165, 1.54) is 50.0 Å². The first-order valence-electron chi connectivity index (χ1n) is 8.14. The van der Waals surface area contributed by atoms with Crippen LogP contribution in [0.5, 0.6) is 0 Å². The maximum Gasteiger partial charge on any atom is 0.169 e. The van der Waals surface area contributed by atoms with Gasteiger partial charge in [-0.15, -0.1) is 0 Å². The van der Waals surface area contributed by atoms with E-state index in [2.05, 4.69) is 11.8 Å². The van der Waals surface area contributed by atoms with E-state index < -0.39 is 0 Å². The maximum absolute atomic E-state index is 6.01. The van der Waals surface area contributed by atoms with Gasteiger partial charge in [-0.3, -0.25) is 0 Å². The molecule has 0 aromatic carbocycles. The Morgan fingerprint density at radius 1 is 0.842 bits per heavy atom. The van der Waals surface area contributed by atoms with Gasteiger partial charge in [0.2, 0.25) is 0 Å². The molecule has 5 aliphatic rings. The van der Waals surface area contributed by atoms with Crippen LogP contribution >= 0.6 is 11.8 Å². The third-order valence-electron chi connectivity index (χ3n) is 6.95. The third kappa shape index (κ3) is 1.58. The Kier molecular flexibility index (Phi) is 2.45. The molecule has 3 aliphatic carbocycles. The van der Waals surface area contributed by atoms with Crippen LogP contribution in [0.3, 0.4) is 0 Å². The molecule has 5 atom stereocenters. The fraction of sp³-hybridized carbons (Fsp3) is 1.00. The van der Waals surface area contributed by atoms with Crippen molar-refractivity contribution in [2.75, 3.05) is 24.7 Å². The molecule has 2 aliphatic heterocycles. The minimum Gasteiger partial charge on any atom is -0.348 e. The van der Waals surface area contributed by atoms with Gasteiger partial charge in [0.1, 0.15) is 0 Å². The zero-order valence-corrected chi connectivity index (χ0v) is 12.4. The van der Waals surface area contributed by atoms with Crippen LogP contribution in [0.4, 0.5) is 0 Å². The number of hydrogen-bond donors (Lipinski definition) is 0. The van der Waals surface area contributed by atoms with E-state index in [-0.39, 0.29) is 5.79 Å². The van der Waals surface area contributed by atoms with Crippen LogP contribution in [-0.4, -0.2) is 30.5 Å². The number of fused-ring (bicyclic) bond motifs is 3. The van der Waals surface area contributed by atoms with E-state index in [9.17, 15) is 0 Å². The lowest BCUT2D eigenvalue weighted by Crippen LogP contribution is -2.30. The van der Waals surface area contributed by atoms with Gasteiger partial charge in [-0.05, 0) is 66.3 Å². The molecule has 19 heavy (non-hydrogen) atoms. The summed E-state index contributed by atoms with van der Waals surface area (Å²) in [5, 5.41) is 0.